The molecule has 0 saturated carbocycles. The first-order chi connectivity index (χ1) is 10.4. The average molecular weight is 320 g/mol. The Morgan fingerprint density at radius 1 is 1.18 bits per heavy atom. The molecule has 2 nitrogen and oxygen atoms in total. The van der Waals surface area contributed by atoms with Crippen molar-refractivity contribution in [3.63, 3.8) is 0 Å². The number of aryl methyl sites for hydroxylation is 1. The van der Waals surface area contributed by atoms with E-state index in [4.69, 9.17) is 16.0 Å². The molecule has 0 bridgehead atoms. The van der Waals surface area contributed by atoms with Crippen LogP contribution in [0.1, 0.15) is 44.3 Å². The molecule has 0 radical (unpaired) electrons. The molecule has 0 fully saturated rings. The van der Waals surface area contributed by atoms with Gasteiger partial charge in [0.2, 0.25) is 0 Å². The predicted octanol–water partition coefficient (Wildman–Crippen LogP) is 5.13. The molecule has 1 aromatic heterocycles. The number of furan rings is 1. The summed E-state index contributed by atoms with van der Waals surface area (Å²) in [6, 6.07) is 12.6. The van der Waals surface area contributed by atoms with E-state index >= 15 is 0 Å². The van der Waals surface area contributed by atoms with Gasteiger partial charge in [0, 0.05) is 16.5 Å². The van der Waals surface area contributed by atoms with E-state index in [1.54, 1.807) is 0 Å². The van der Waals surface area contributed by atoms with Crippen molar-refractivity contribution in [2.75, 3.05) is 6.54 Å². The molecule has 22 heavy (non-hydrogen) atoms. The van der Waals surface area contributed by atoms with E-state index in [-0.39, 0.29) is 5.41 Å². The van der Waals surface area contributed by atoms with Gasteiger partial charge < -0.3 is 9.73 Å². The smallest absolute Gasteiger partial charge is 0.109 e. The van der Waals surface area contributed by atoms with Crippen molar-refractivity contribution in [3.8, 4) is 0 Å². The molecule has 120 valence electrons. The van der Waals surface area contributed by atoms with E-state index < -0.39 is 0 Å². The number of nitrogens with one attached hydrogen (secondary N) is 1. The van der Waals surface area contributed by atoms with Gasteiger partial charge in [0.15, 0.2) is 0 Å². The maximum atomic E-state index is 6.19. The summed E-state index contributed by atoms with van der Waals surface area (Å²) in [5.41, 5.74) is 1.23. The Bertz CT molecular complexity index is 603. The Hall–Kier alpha value is -1.25. The van der Waals surface area contributed by atoms with Gasteiger partial charge in [0.05, 0.1) is 0 Å². The van der Waals surface area contributed by atoms with E-state index in [0.29, 0.717) is 6.04 Å². The van der Waals surface area contributed by atoms with E-state index in [1.807, 2.05) is 31.2 Å². The molecule has 1 atom stereocenters. The molecule has 1 N–H and O–H groups in total. The molecule has 2 aromatic rings. The fourth-order valence-electron chi connectivity index (χ4n) is 2.89. The molecule has 0 amide bonds. The van der Waals surface area contributed by atoms with Crippen molar-refractivity contribution in [1.29, 1.82) is 0 Å². The van der Waals surface area contributed by atoms with Gasteiger partial charge in [-0.1, -0.05) is 43.6 Å². The minimum Gasteiger partial charge on any atom is -0.466 e. The second-order valence-electron chi connectivity index (χ2n) is 6.69. The third-order valence-corrected chi connectivity index (χ3v) is 4.44. The van der Waals surface area contributed by atoms with E-state index in [0.717, 1.165) is 35.9 Å². The summed E-state index contributed by atoms with van der Waals surface area (Å²) in [5.74, 6) is 2.03. The van der Waals surface area contributed by atoms with Crippen LogP contribution in [-0.4, -0.2) is 12.6 Å². The van der Waals surface area contributed by atoms with Gasteiger partial charge >= 0.3 is 0 Å². The standard InChI is InChI=1S/C19H26ClNO/c1-14(13-19(3,4)18-10-9-15(2)22-18)21-12-11-16-7-5-6-8-17(16)20/h5-10,14,21H,11-13H2,1-4H3/t14-/m0/s1. The normalized spacial score (nSPS) is 13.3. The van der Waals surface area contributed by atoms with Crippen LogP contribution >= 0.6 is 11.6 Å². The lowest BCUT2D eigenvalue weighted by molar-refractivity contribution is 0.320. The zero-order chi connectivity index (χ0) is 16.2. The molecule has 0 unspecified atom stereocenters. The summed E-state index contributed by atoms with van der Waals surface area (Å²) in [4.78, 5) is 0. The minimum absolute atomic E-state index is 0.0328. The quantitative estimate of drug-likeness (QED) is 0.765. The van der Waals surface area contributed by atoms with Crippen molar-refractivity contribution < 1.29 is 4.42 Å². The van der Waals surface area contributed by atoms with Gasteiger partial charge in [-0.15, -0.1) is 0 Å². The van der Waals surface area contributed by atoms with E-state index in [1.165, 1.54) is 5.56 Å². The number of benzene rings is 1. The molecular formula is C19H26ClNO. The summed E-state index contributed by atoms with van der Waals surface area (Å²) < 4.78 is 5.79. The Kier molecular flexibility index (Phi) is 5.71. The highest BCUT2D eigenvalue weighted by atomic mass is 35.5. The third-order valence-electron chi connectivity index (χ3n) is 4.07. The summed E-state index contributed by atoms with van der Waals surface area (Å²) in [6.45, 7) is 9.61. The molecule has 1 heterocycles. The van der Waals surface area contributed by atoms with Crippen LogP contribution in [0.15, 0.2) is 40.8 Å². The van der Waals surface area contributed by atoms with Gasteiger partial charge in [0.25, 0.3) is 0 Å². The molecule has 3 heteroatoms. The lowest BCUT2D eigenvalue weighted by Crippen LogP contribution is -2.34. The average Bonchev–Trinajstić information content (AvgIpc) is 2.88. The van der Waals surface area contributed by atoms with Crippen LogP contribution in [0.4, 0.5) is 0 Å². The maximum absolute atomic E-state index is 6.19. The summed E-state index contributed by atoms with van der Waals surface area (Å²) >= 11 is 6.19. The molecular weight excluding hydrogens is 294 g/mol. The monoisotopic (exact) mass is 319 g/mol. The van der Waals surface area contributed by atoms with Gasteiger partial charge in [-0.05, 0) is 57.0 Å². The van der Waals surface area contributed by atoms with Gasteiger partial charge in [0.1, 0.15) is 11.5 Å². The van der Waals surface area contributed by atoms with Crippen LogP contribution in [0.25, 0.3) is 0 Å². The molecule has 0 aliphatic heterocycles. The van der Waals surface area contributed by atoms with Gasteiger partial charge in [-0.25, -0.2) is 0 Å². The maximum Gasteiger partial charge on any atom is 0.109 e. The van der Waals surface area contributed by atoms with Crippen LogP contribution in [-0.2, 0) is 11.8 Å². The number of hydrogen-bond donors (Lipinski definition) is 1. The molecule has 1 aromatic carbocycles. The molecule has 2 rings (SSSR count). The van der Waals surface area contributed by atoms with Crippen molar-refractivity contribution in [3.05, 3.63) is 58.5 Å². The molecule has 0 aliphatic rings. The lowest BCUT2D eigenvalue weighted by Gasteiger charge is -2.26. The number of hydrogen-bond acceptors (Lipinski definition) is 2. The molecule has 0 saturated heterocycles. The Labute approximate surface area is 138 Å². The first-order valence-electron chi connectivity index (χ1n) is 7.92. The van der Waals surface area contributed by atoms with E-state index in [2.05, 4.69) is 38.2 Å². The van der Waals surface area contributed by atoms with Crippen molar-refractivity contribution in [2.45, 2.75) is 52.0 Å². The van der Waals surface area contributed by atoms with Gasteiger partial charge in [-0.2, -0.15) is 0 Å². The van der Waals surface area contributed by atoms with Crippen molar-refractivity contribution in [2.24, 2.45) is 0 Å². The fraction of sp³-hybridized carbons (Fsp3) is 0.474. The number of rotatable bonds is 7. The lowest BCUT2D eigenvalue weighted by atomic mass is 9.83. The fourth-order valence-corrected chi connectivity index (χ4v) is 3.12. The first kappa shape index (κ1) is 17.1. The second-order valence-corrected chi connectivity index (χ2v) is 7.10. The zero-order valence-corrected chi connectivity index (χ0v) is 14.7. The number of halogens is 1. The largest absolute Gasteiger partial charge is 0.466 e. The highest BCUT2D eigenvalue weighted by molar-refractivity contribution is 6.31. The summed E-state index contributed by atoms with van der Waals surface area (Å²) in [7, 11) is 0. The topological polar surface area (TPSA) is 25.2 Å². The summed E-state index contributed by atoms with van der Waals surface area (Å²) in [5, 5.41) is 4.44. The Morgan fingerprint density at radius 3 is 2.55 bits per heavy atom. The molecule has 0 spiro atoms. The van der Waals surface area contributed by atoms with Crippen LogP contribution < -0.4 is 5.32 Å². The van der Waals surface area contributed by atoms with Crippen molar-refractivity contribution >= 4 is 11.6 Å². The SMILES string of the molecule is Cc1ccc(C(C)(C)C[C@H](C)NCCc2ccccc2Cl)o1. The first-order valence-corrected chi connectivity index (χ1v) is 8.30. The Balaban J connectivity index is 1.83. The van der Waals surface area contributed by atoms with Crippen LogP contribution in [0.3, 0.4) is 0 Å². The van der Waals surface area contributed by atoms with Crippen LogP contribution in [0, 0.1) is 6.92 Å². The van der Waals surface area contributed by atoms with Crippen LogP contribution in [0.5, 0.6) is 0 Å². The minimum atomic E-state index is 0.0328. The third kappa shape index (κ3) is 4.62. The Morgan fingerprint density at radius 2 is 1.91 bits per heavy atom. The van der Waals surface area contributed by atoms with E-state index in [9.17, 15) is 0 Å². The van der Waals surface area contributed by atoms with Crippen LogP contribution in [0.2, 0.25) is 5.02 Å². The molecule has 0 aliphatic carbocycles. The second kappa shape index (κ2) is 7.34. The highest BCUT2D eigenvalue weighted by Crippen LogP contribution is 2.29. The highest BCUT2D eigenvalue weighted by Gasteiger charge is 2.26. The zero-order valence-electron chi connectivity index (χ0n) is 13.9. The van der Waals surface area contributed by atoms with Gasteiger partial charge in [-0.3, -0.25) is 0 Å². The predicted molar refractivity (Wildman–Crippen MR) is 93.7 cm³/mol. The van der Waals surface area contributed by atoms with Crippen molar-refractivity contribution in [1.82, 2.24) is 5.32 Å². The summed E-state index contributed by atoms with van der Waals surface area (Å²) in [6.07, 6.45) is 1.98.